The fourth-order valence-corrected chi connectivity index (χ4v) is 2.30. The molecule has 0 spiro atoms. The number of hydrogen-bond donors (Lipinski definition) is 0. The van der Waals surface area contributed by atoms with Crippen LogP contribution in [0.3, 0.4) is 0 Å². The van der Waals surface area contributed by atoms with E-state index in [1.165, 1.54) is 12.1 Å². The molecule has 0 aliphatic heterocycles. The first-order valence-corrected chi connectivity index (χ1v) is 6.45. The molecule has 0 amide bonds. The van der Waals surface area contributed by atoms with E-state index in [2.05, 4.69) is 0 Å². The van der Waals surface area contributed by atoms with Crippen molar-refractivity contribution in [3.8, 4) is 0 Å². The molecule has 0 saturated carbocycles. The molecule has 1 aliphatic carbocycles. The minimum absolute atomic E-state index is 0.0607. The summed E-state index contributed by atoms with van der Waals surface area (Å²) in [5, 5.41) is 0. The summed E-state index contributed by atoms with van der Waals surface area (Å²) in [4.78, 5) is 14.0. The quantitative estimate of drug-likeness (QED) is 0.772. The van der Waals surface area contributed by atoms with E-state index < -0.39 is 0 Å². The van der Waals surface area contributed by atoms with Crippen LogP contribution in [-0.4, -0.2) is 24.8 Å². The van der Waals surface area contributed by atoms with E-state index in [9.17, 15) is 9.18 Å². The number of nitrogens with zero attached hydrogens (tertiary/aromatic N) is 1. The van der Waals surface area contributed by atoms with E-state index in [1.54, 1.807) is 24.4 Å². The molecule has 2 rings (SSSR count). The highest BCUT2D eigenvalue weighted by Gasteiger charge is 2.20. The van der Waals surface area contributed by atoms with Crippen LogP contribution in [0.25, 0.3) is 5.57 Å². The van der Waals surface area contributed by atoms with Gasteiger partial charge in [0.2, 0.25) is 0 Å². The minimum atomic E-state index is -0.247. The SMILES string of the molecule is CN(C)/C=C/C(=O)C1=C(c2ccc(F)cc2)CCC1. The molecule has 0 saturated heterocycles. The van der Waals surface area contributed by atoms with Gasteiger partial charge in [0, 0.05) is 31.9 Å². The van der Waals surface area contributed by atoms with Gasteiger partial charge < -0.3 is 4.90 Å². The predicted molar refractivity (Wildman–Crippen MR) is 75.0 cm³/mol. The number of hydrogen-bond acceptors (Lipinski definition) is 2. The number of rotatable bonds is 4. The summed E-state index contributed by atoms with van der Waals surface area (Å²) in [6, 6.07) is 6.38. The van der Waals surface area contributed by atoms with Crippen LogP contribution in [0.5, 0.6) is 0 Å². The summed E-state index contributed by atoms with van der Waals surface area (Å²) in [6.45, 7) is 0. The molecule has 0 bridgehead atoms. The first-order valence-electron chi connectivity index (χ1n) is 6.45. The van der Waals surface area contributed by atoms with E-state index in [4.69, 9.17) is 0 Å². The van der Waals surface area contributed by atoms with Gasteiger partial charge in [-0.15, -0.1) is 0 Å². The third kappa shape index (κ3) is 3.31. The minimum Gasteiger partial charge on any atom is -0.383 e. The maximum absolute atomic E-state index is 12.9. The number of halogens is 1. The second-order valence-corrected chi connectivity index (χ2v) is 4.96. The number of carbonyl (C=O) groups excluding carboxylic acids is 1. The maximum Gasteiger partial charge on any atom is 0.183 e. The van der Waals surface area contributed by atoms with Crippen molar-refractivity contribution in [2.75, 3.05) is 14.1 Å². The largest absolute Gasteiger partial charge is 0.383 e. The normalized spacial score (nSPS) is 15.3. The van der Waals surface area contributed by atoms with Crippen LogP contribution in [0.4, 0.5) is 4.39 Å². The first-order chi connectivity index (χ1) is 9.08. The molecule has 100 valence electrons. The van der Waals surface area contributed by atoms with E-state index in [1.807, 2.05) is 19.0 Å². The van der Waals surface area contributed by atoms with Gasteiger partial charge in [-0.1, -0.05) is 12.1 Å². The van der Waals surface area contributed by atoms with Crippen LogP contribution in [-0.2, 0) is 4.79 Å². The molecular formula is C16H18FNO. The van der Waals surface area contributed by atoms with E-state index in [0.29, 0.717) is 0 Å². The summed E-state index contributed by atoms with van der Waals surface area (Å²) < 4.78 is 12.9. The van der Waals surface area contributed by atoms with Crippen LogP contribution in [0.15, 0.2) is 42.1 Å². The van der Waals surface area contributed by atoms with Crippen molar-refractivity contribution in [3.05, 3.63) is 53.5 Å². The van der Waals surface area contributed by atoms with Gasteiger partial charge in [-0.25, -0.2) is 4.39 Å². The number of carbonyl (C=O) groups is 1. The molecule has 0 unspecified atom stereocenters. The molecule has 1 aromatic carbocycles. The Morgan fingerprint density at radius 2 is 1.89 bits per heavy atom. The summed E-state index contributed by atoms with van der Waals surface area (Å²) in [7, 11) is 3.77. The van der Waals surface area contributed by atoms with Gasteiger partial charge in [0.1, 0.15) is 5.82 Å². The molecule has 1 aromatic rings. The molecule has 0 aromatic heterocycles. The third-order valence-corrected chi connectivity index (χ3v) is 3.23. The summed E-state index contributed by atoms with van der Waals surface area (Å²) >= 11 is 0. The Labute approximate surface area is 113 Å². The lowest BCUT2D eigenvalue weighted by Crippen LogP contribution is -2.04. The highest BCUT2D eigenvalue weighted by molar-refractivity contribution is 6.09. The Bertz CT molecular complexity index is 526. The van der Waals surface area contributed by atoms with Gasteiger partial charge in [0.05, 0.1) is 0 Å². The highest BCUT2D eigenvalue weighted by atomic mass is 19.1. The van der Waals surface area contributed by atoms with Crippen molar-refractivity contribution < 1.29 is 9.18 Å². The maximum atomic E-state index is 12.9. The molecule has 0 heterocycles. The Morgan fingerprint density at radius 3 is 2.53 bits per heavy atom. The van der Waals surface area contributed by atoms with Gasteiger partial charge in [-0.3, -0.25) is 4.79 Å². The summed E-state index contributed by atoms with van der Waals surface area (Å²) in [6.07, 6.45) is 6.05. The smallest absolute Gasteiger partial charge is 0.183 e. The summed E-state index contributed by atoms with van der Waals surface area (Å²) in [5.74, 6) is -0.187. The lowest BCUT2D eigenvalue weighted by molar-refractivity contribution is -0.111. The Hall–Kier alpha value is -1.90. The Morgan fingerprint density at radius 1 is 1.21 bits per heavy atom. The van der Waals surface area contributed by atoms with E-state index in [-0.39, 0.29) is 11.6 Å². The monoisotopic (exact) mass is 259 g/mol. The first kappa shape index (κ1) is 13.5. The third-order valence-electron chi connectivity index (χ3n) is 3.23. The van der Waals surface area contributed by atoms with Crippen molar-refractivity contribution in [3.63, 3.8) is 0 Å². The molecule has 19 heavy (non-hydrogen) atoms. The number of ketones is 1. The zero-order valence-electron chi connectivity index (χ0n) is 11.3. The second kappa shape index (κ2) is 5.83. The van der Waals surface area contributed by atoms with Crippen LogP contribution >= 0.6 is 0 Å². The van der Waals surface area contributed by atoms with Gasteiger partial charge in [-0.05, 0) is 42.5 Å². The van der Waals surface area contributed by atoms with Crippen LogP contribution in [0.2, 0.25) is 0 Å². The van der Waals surface area contributed by atoms with Crippen LogP contribution in [0.1, 0.15) is 24.8 Å². The Balaban J connectivity index is 2.28. The van der Waals surface area contributed by atoms with Gasteiger partial charge >= 0.3 is 0 Å². The second-order valence-electron chi connectivity index (χ2n) is 4.96. The standard InChI is InChI=1S/C16H18FNO/c1-18(2)11-10-16(19)15-5-3-4-14(15)12-6-8-13(17)9-7-12/h6-11H,3-5H2,1-2H3/b11-10+. The topological polar surface area (TPSA) is 20.3 Å². The van der Waals surface area contributed by atoms with Crippen molar-refractivity contribution >= 4 is 11.4 Å². The van der Waals surface area contributed by atoms with Crippen LogP contribution < -0.4 is 0 Å². The molecule has 0 atom stereocenters. The molecule has 0 fully saturated rings. The highest BCUT2D eigenvalue weighted by Crippen LogP contribution is 2.34. The average molecular weight is 259 g/mol. The number of benzene rings is 1. The van der Waals surface area contributed by atoms with Crippen LogP contribution in [0, 0.1) is 5.82 Å². The molecule has 0 N–H and O–H groups in total. The van der Waals surface area contributed by atoms with E-state index >= 15 is 0 Å². The van der Waals surface area contributed by atoms with Crippen molar-refractivity contribution in [2.45, 2.75) is 19.3 Å². The lowest BCUT2D eigenvalue weighted by atomic mass is 9.99. The number of allylic oxidation sites excluding steroid dienone is 3. The zero-order chi connectivity index (χ0) is 13.8. The van der Waals surface area contributed by atoms with Crippen molar-refractivity contribution in [1.82, 2.24) is 4.90 Å². The lowest BCUT2D eigenvalue weighted by Gasteiger charge is -2.06. The fraction of sp³-hybridized carbons (Fsp3) is 0.312. The molecule has 1 aliphatic rings. The van der Waals surface area contributed by atoms with Crippen molar-refractivity contribution in [2.24, 2.45) is 0 Å². The molecule has 0 radical (unpaired) electrons. The zero-order valence-corrected chi connectivity index (χ0v) is 11.3. The van der Waals surface area contributed by atoms with E-state index in [0.717, 1.165) is 36.0 Å². The molecule has 3 heteroatoms. The van der Waals surface area contributed by atoms with Gasteiger partial charge in [0.25, 0.3) is 0 Å². The van der Waals surface area contributed by atoms with Crippen molar-refractivity contribution in [1.29, 1.82) is 0 Å². The summed E-state index contributed by atoms with van der Waals surface area (Å²) in [5.41, 5.74) is 2.89. The van der Waals surface area contributed by atoms with Gasteiger partial charge in [-0.2, -0.15) is 0 Å². The average Bonchev–Trinajstić information content (AvgIpc) is 2.86. The predicted octanol–water partition coefficient (Wildman–Crippen LogP) is 3.41. The molecular weight excluding hydrogens is 241 g/mol. The molecule has 2 nitrogen and oxygen atoms in total. The fourth-order valence-electron chi connectivity index (χ4n) is 2.30. The Kier molecular flexibility index (Phi) is 4.15. The van der Waals surface area contributed by atoms with Gasteiger partial charge in [0.15, 0.2) is 5.78 Å².